The third-order valence-corrected chi connectivity index (χ3v) is 1.61. The number of carboxylic acid groups (broad SMARTS) is 1. The van der Waals surface area contributed by atoms with Crippen molar-refractivity contribution in [3.05, 3.63) is 0 Å². The Morgan fingerprint density at radius 3 is 2.73 bits per heavy atom. The van der Waals surface area contributed by atoms with Gasteiger partial charge in [-0.3, -0.25) is 5.32 Å². The molecule has 1 aliphatic heterocycles. The lowest BCUT2D eigenvalue weighted by molar-refractivity contribution is 0.183. The van der Waals surface area contributed by atoms with Gasteiger partial charge < -0.3 is 10.4 Å². The number of amides is 1. The molecule has 1 atom stereocenters. The number of carbonyl (C=O) groups is 1. The summed E-state index contributed by atoms with van der Waals surface area (Å²) in [6.45, 7) is 0.922. The maximum absolute atomic E-state index is 10.1. The van der Waals surface area contributed by atoms with Crippen molar-refractivity contribution in [3.63, 3.8) is 0 Å². The van der Waals surface area contributed by atoms with Gasteiger partial charge in [-0.1, -0.05) is 0 Å². The van der Waals surface area contributed by atoms with Crippen LogP contribution in [0.15, 0.2) is 0 Å². The minimum absolute atomic E-state index is 0. The predicted octanol–water partition coefficient (Wildman–Crippen LogP) is 0.775. The zero-order valence-corrected chi connectivity index (χ0v) is 6.99. The minimum atomic E-state index is -0.945. The fraction of sp³-hybridized carbons (Fsp3) is 0.833. The van der Waals surface area contributed by atoms with Crippen molar-refractivity contribution >= 4 is 18.5 Å². The molecule has 1 heterocycles. The number of nitrogens with one attached hydrogen (secondary N) is 2. The van der Waals surface area contributed by atoms with E-state index in [1.807, 2.05) is 0 Å². The van der Waals surface area contributed by atoms with Crippen molar-refractivity contribution in [2.75, 3.05) is 6.54 Å². The molecule has 1 unspecified atom stereocenters. The fourth-order valence-corrected chi connectivity index (χ4v) is 1.12. The van der Waals surface area contributed by atoms with Crippen molar-refractivity contribution in [3.8, 4) is 0 Å². The molecule has 66 valence electrons. The Morgan fingerprint density at radius 1 is 1.55 bits per heavy atom. The normalized spacial score (nSPS) is 23.5. The third-order valence-electron chi connectivity index (χ3n) is 1.61. The molecule has 0 saturated carbocycles. The molecule has 1 amide bonds. The zero-order chi connectivity index (χ0) is 7.40. The highest BCUT2D eigenvalue weighted by Gasteiger charge is 2.12. The lowest BCUT2D eigenvalue weighted by Gasteiger charge is -2.22. The van der Waals surface area contributed by atoms with Gasteiger partial charge in [-0.05, 0) is 25.8 Å². The molecule has 11 heavy (non-hydrogen) atoms. The standard InChI is InChI=1S/C6H12N2O2.ClH/c9-6(10)8-5-3-1-2-4-7-5;/h5,7-8H,1-4H2,(H,9,10);1H. The quantitative estimate of drug-likeness (QED) is 0.559. The van der Waals surface area contributed by atoms with Crippen molar-refractivity contribution in [2.45, 2.75) is 25.4 Å². The van der Waals surface area contributed by atoms with Gasteiger partial charge in [-0.15, -0.1) is 12.4 Å². The van der Waals surface area contributed by atoms with E-state index in [9.17, 15) is 4.79 Å². The van der Waals surface area contributed by atoms with E-state index in [4.69, 9.17) is 5.11 Å². The van der Waals surface area contributed by atoms with Crippen LogP contribution in [0.2, 0.25) is 0 Å². The van der Waals surface area contributed by atoms with E-state index in [0.717, 1.165) is 25.8 Å². The maximum atomic E-state index is 10.1. The Hall–Kier alpha value is -0.480. The van der Waals surface area contributed by atoms with Gasteiger partial charge in [0.2, 0.25) is 0 Å². The Kier molecular flexibility index (Phi) is 4.98. The Bertz CT molecular complexity index is 126. The van der Waals surface area contributed by atoms with E-state index in [2.05, 4.69) is 10.6 Å². The van der Waals surface area contributed by atoms with E-state index in [1.54, 1.807) is 0 Å². The van der Waals surface area contributed by atoms with Gasteiger partial charge in [0, 0.05) is 0 Å². The first-order valence-electron chi connectivity index (χ1n) is 3.52. The van der Waals surface area contributed by atoms with Crippen LogP contribution >= 0.6 is 12.4 Å². The van der Waals surface area contributed by atoms with Crippen LogP contribution in [0.1, 0.15) is 19.3 Å². The molecule has 0 aromatic rings. The summed E-state index contributed by atoms with van der Waals surface area (Å²) >= 11 is 0. The van der Waals surface area contributed by atoms with Gasteiger partial charge in [0.15, 0.2) is 0 Å². The highest BCUT2D eigenvalue weighted by Crippen LogP contribution is 2.03. The fourth-order valence-electron chi connectivity index (χ4n) is 1.12. The van der Waals surface area contributed by atoms with Crippen LogP contribution < -0.4 is 10.6 Å². The molecule has 1 aliphatic rings. The smallest absolute Gasteiger partial charge is 0.405 e. The first kappa shape index (κ1) is 10.5. The summed E-state index contributed by atoms with van der Waals surface area (Å²) in [4.78, 5) is 10.1. The van der Waals surface area contributed by atoms with Gasteiger partial charge in [0.25, 0.3) is 0 Å². The summed E-state index contributed by atoms with van der Waals surface area (Å²) < 4.78 is 0. The molecule has 0 bridgehead atoms. The molecule has 1 rings (SSSR count). The van der Waals surface area contributed by atoms with E-state index in [1.165, 1.54) is 0 Å². The summed E-state index contributed by atoms with van der Waals surface area (Å²) in [6.07, 6.45) is 2.20. The molecule has 4 nitrogen and oxygen atoms in total. The number of rotatable bonds is 1. The first-order valence-corrected chi connectivity index (χ1v) is 3.52. The van der Waals surface area contributed by atoms with Crippen molar-refractivity contribution < 1.29 is 9.90 Å². The molecule has 1 saturated heterocycles. The topological polar surface area (TPSA) is 61.4 Å². The summed E-state index contributed by atoms with van der Waals surface area (Å²) in [5, 5.41) is 13.8. The molecule has 1 fully saturated rings. The minimum Gasteiger partial charge on any atom is -0.465 e. The lowest BCUT2D eigenvalue weighted by atomic mass is 10.1. The van der Waals surface area contributed by atoms with Crippen molar-refractivity contribution in [2.24, 2.45) is 0 Å². The number of piperidine rings is 1. The predicted molar refractivity (Wildman–Crippen MR) is 44.1 cm³/mol. The van der Waals surface area contributed by atoms with Gasteiger partial charge in [-0.2, -0.15) is 0 Å². The molecule has 3 N–H and O–H groups in total. The molecule has 0 radical (unpaired) electrons. The average molecular weight is 181 g/mol. The van der Waals surface area contributed by atoms with E-state index in [-0.39, 0.29) is 18.6 Å². The van der Waals surface area contributed by atoms with Gasteiger partial charge in [-0.25, -0.2) is 4.79 Å². The van der Waals surface area contributed by atoms with Crippen molar-refractivity contribution in [1.82, 2.24) is 10.6 Å². The molecular weight excluding hydrogens is 168 g/mol. The lowest BCUT2D eigenvalue weighted by Crippen LogP contribution is -2.47. The van der Waals surface area contributed by atoms with Gasteiger partial charge in [0.1, 0.15) is 0 Å². The summed E-state index contributed by atoms with van der Waals surface area (Å²) in [5.41, 5.74) is 0. The van der Waals surface area contributed by atoms with Crippen LogP contribution in [-0.4, -0.2) is 23.9 Å². The second-order valence-electron chi connectivity index (χ2n) is 2.45. The maximum Gasteiger partial charge on any atom is 0.405 e. The van der Waals surface area contributed by atoms with Crippen LogP contribution in [-0.2, 0) is 0 Å². The second-order valence-corrected chi connectivity index (χ2v) is 2.45. The Labute approximate surface area is 71.8 Å². The van der Waals surface area contributed by atoms with Crippen LogP contribution in [0.5, 0.6) is 0 Å². The number of hydrogen-bond acceptors (Lipinski definition) is 2. The first-order chi connectivity index (χ1) is 4.79. The number of halogens is 1. The van der Waals surface area contributed by atoms with Gasteiger partial charge in [0.05, 0.1) is 6.17 Å². The largest absolute Gasteiger partial charge is 0.465 e. The third kappa shape index (κ3) is 4.06. The molecule has 0 aromatic carbocycles. The molecule has 5 heteroatoms. The monoisotopic (exact) mass is 180 g/mol. The van der Waals surface area contributed by atoms with E-state index >= 15 is 0 Å². The molecule has 0 aromatic heterocycles. The van der Waals surface area contributed by atoms with Crippen LogP contribution in [0.25, 0.3) is 0 Å². The zero-order valence-electron chi connectivity index (χ0n) is 6.17. The summed E-state index contributed by atoms with van der Waals surface area (Å²) in [7, 11) is 0. The summed E-state index contributed by atoms with van der Waals surface area (Å²) in [5.74, 6) is 0. The van der Waals surface area contributed by atoms with E-state index < -0.39 is 6.09 Å². The highest BCUT2D eigenvalue weighted by molar-refractivity contribution is 5.85. The second kappa shape index (κ2) is 5.21. The van der Waals surface area contributed by atoms with Crippen molar-refractivity contribution in [1.29, 1.82) is 0 Å². The van der Waals surface area contributed by atoms with Crippen LogP contribution in [0.3, 0.4) is 0 Å². The molecule has 0 spiro atoms. The molecule has 0 aliphatic carbocycles. The van der Waals surface area contributed by atoms with E-state index in [0.29, 0.717) is 0 Å². The Morgan fingerprint density at radius 2 is 2.27 bits per heavy atom. The van der Waals surface area contributed by atoms with Gasteiger partial charge >= 0.3 is 6.09 Å². The molecular formula is C6H13ClN2O2. The SMILES string of the molecule is Cl.O=C(O)NC1CCCCN1. The average Bonchev–Trinajstić information content (AvgIpc) is 1.88. The van der Waals surface area contributed by atoms with Crippen LogP contribution in [0.4, 0.5) is 4.79 Å². The number of hydrogen-bond donors (Lipinski definition) is 3. The highest BCUT2D eigenvalue weighted by atomic mass is 35.5. The van der Waals surface area contributed by atoms with Crippen LogP contribution in [0, 0.1) is 0 Å². The summed E-state index contributed by atoms with van der Waals surface area (Å²) in [6, 6.07) is 0. The Balaban J connectivity index is 0.000001000.